The van der Waals surface area contributed by atoms with Crippen LogP contribution >= 0.6 is 0 Å². The van der Waals surface area contributed by atoms with Crippen molar-refractivity contribution >= 4 is 10.0 Å². The summed E-state index contributed by atoms with van der Waals surface area (Å²) in [5.74, 6) is -0.772. The molecular weight excluding hydrogens is 223 g/mol. The zero-order valence-electron chi connectivity index (χ0n) is 7.68. The lowest BCUT2D eigenvalue weighted by Gasteiger charge is -2.05. The highest BCUT2D eigenvalue weighted by molar-refractivity contribution is 7.89. The molecule has 15 heavy (non-hydrogen) atoms. The Morgan fingerprint density at radius 3 is 2.67 bits per heavy atom. The fourth-order valence-corrected chi connectivity index (χ4v) is 1.54. The first kappa shape index (κ1) is 10.3. The first-order valence-electron chi connectivity index (χ1n) is 4.32. The minimum absolute atomic E-state index is 0.0557. The van der Waals surface area contributed by atoms with Crippen LogP contribution in [0.15, 0.2) is 17.2 Å². The maximum Gasteiger partial charge on any atom is 0.255 e. The van der Waals surface area contributed by atoms with Crippen LogP contribution in [0.4, 0.5) is 4.39 Å². The number of hydrogen-bond donors (Lipinski definition) is 1. The topological polar surface area (TPSA) is 82.3 Å². The van der Waals surface area contributed by atoms with E-state index in [2.05, 4.69) is 4.98 Å². The van der Waals surface area contributed by atoms with E-state index in [0.29, 0.717) is 0 Å². The average Bonchev–Trinajstić information content (AvgIpc) is 2.85. The predicted molar refractivity (Wildman–Crippen MR) is 49.2 cm³/mol. The highest BCUT2D eigenvalue weighted by atomic mass is 32.2. The second-order valence-electron chi connectivity index (χ2n) is 3.33. The molecule has 7 heteroatoms. The minimum atomic E-state index is -3.99. The van der Waals surface area contributed by atoms with Gasteiger partial charge in [0.25, 0.3) is 10.0 Å². The molecule has 0 unspecified atom stereocenters. The van der Waals surface area contributed by atoms with E-state index >= 15 is 0 Å². The number of nitrogens with two attached hydrogens (primary N) is 1. The number of halogens is 1. The van der Waals surface area contributed by atoms with Gasteiger partial charge in [-0.05, 0) is 12.8 Å². The highest BCUT2D eigenvalue weighted by Crippen LogP contribution is 2.27. The monoisotopic (exact) mass is 232 g/mol. The molecule has 0 amide bonds. The molecule has 1 aliphatic carbocycles. The lowest BCUT2D eigenvalue weighted by molar-refractivity contribution is 0.299. The Hall–Kier alpha value is -1.21. The van der Waals surface area contributed by atoms with Crippen molar-refractivity contribution in [3.63, 3.8) is 0 Å². The summed E-state index contributed by atoms with van der Waals surface area (Å²) < 4.78 is 40.0. The molecule has 0 bridgehead atoms. The summed E-state index contributed by atoms with van der Waals surface area (Å²) in [6.07, 6.45) is 1.85. The zero-order chi connectivity index (χ0) is 11.1. The van der Waals surface area contributed by atoms with Gasteiger partial charge in [0.2, 0.25) is 5.95 Å². The van der Waals surface area contributed by atoms with Crippen molar-refractivity contribution in [1.82, 2.24) is 4.98 Å². The molecule has 1 heterocycles. The maximum absolute atomic E-state index is 12.9. The summed E-state index contributed by atoms with van der Waals surface area (Å²) in [5, 5.41) is 4.31. The van der Waals surface area contributed by atoms with Crippen LogP contribution in [-0.2, 0) is 10.0 Å². The van der Waals surface area contributed by atoms with E-state index in [1.807, 2.05) is 0 Å². The van der Waals surface area contributed by atoms with E-state index in [-0.39, 0.29) is 11.9 Å². The number of primary sulfonamides is 1. The number of sulfonamides is 1. The fraction of sp³-hybridized carbons (Fsp3) is 0.375. The standard InChI is InChI=1S/C8H9FN2O3S/c9-7-3-6(14-5-1-2-5)4-8(11-7)15(10,12)13/h3-5H,1-2H2,(H2,10,12,13). The average molecular weight is 232 g/mol. The first-order valence-corrected chi connectivity index (χ1v) is 5.87. The molecule has 5 nitrogen and oxygen atoms in total. The van der Waals surface area contributed by atoms with E-state index in [1.54, 1.807) is 0 Å². The van der Waals surface area contributed by atoms with Gasteiger partial charge in [-0.15, -0.1) is 0 Å². The number of aromatic nitrogens is 1. The van der Waals surface area contributed by atoms with Crippen molar-refractivity contribution in [1.29, 1.82) is 0 Å². The zero-order valence-corrected chi connectivity index (χ0v) is 8.50. The van der Waals surface area contributed by atoms with E-state index in [4.69, 9.17) is 9.88 Å². The van der Waals surface area contributed by atoms with Gasteiger partial charge < -0.3 is 4.74 Å². The molecule has 1 fully saturated rings. The number of hydrogen-bond acceptors (Lipinski definition) is 4. The predicted octanol–water partition coefficient (Wildman–Crippen LogP) is 0.409. The van der Waals surface area contributed by atoms with E-state index < -0.39 is 21.0 Å². The molecule has 0 aliphatic heterocycles. The van der Waals surface area contributed by atoms with Crippen molar-refractivity contribution in [2.24, 2.45) is 5.14 Å². The van der Waals surface area contributed by atoms with Crippen molar-refractivity contribution in [2.75, 3.05) is 0 Å². The normalized spacial score (nSPS) is 16.4. The highest BCUT2D eigenvalue weighted by Gasteiger charge is 2.24. The van der Waals surface area contributed by atoms with Crippen molar-refractivity contribution in [3.8, 4) is 5.75 Å². The minimum Gasteiger partial charge on any atom is -0.490 e. The molecule has 0 spiro atoms. The number of ether oxygens (including phenoxy) is 1. The smallest absolute Gasteiger partial charge is 0.255 e. The van der Waals surface area contributed by atoms with Crippen LogP contribution in [0.5, 0.6) is 5.75 Å². The second-order valence-corrected chi connectivity index (χ2v) is 4.83. The van der Waals surface area contributed by atoms with Crippen LogP contribution in [0, 0.1) is 5.95 Å². The molecular formula is C8H9FN2O3S. The van der Waals surface area contributed by atoms with Gasteiger partial charge in [0.05, 0.1) is 6.10 Å². The van der Waals surface area contributed by atoms with Gasteiger partial charge in [0, 0.05) is 12.1 Å². The molecule has 0 radical (unpaired) electrons. The SMILES string of the molecule is NS(=O)(=O)c1cc(OC2CC2)cc(F)n1. The molecule has 0 atom stereocenters. The van der Waals surface area contributed by atoms with E-state index in [1.165, 1.54) is 0 Å². The third-order valence-electron chi connectivity index (χ3n) is 1.86. The Bertz CT molecular complexity index is 485. The summed E-state index contributed by atoms with van der Waals surface area (Å²) >= 11 is 0. The van der Waals surface area contributed by atoms with Gasteiger partial charge in [-0.3, -0.25) is 0 Å². The van der Waals surface area contributed by atoms with Gasteiger partial charge in [0.15, 0.2) is 5.03 Å². The summed E-state index contributed by atoms with van der Waals surface area (Å²) in [6.45, 7) is 0. The summed E-state index contributed by atoms with van der Waals surface area (Å²) in [5.41, 5.74) is 0. The van der Waals surface area contributed by atoms with Gasteiger partial charge >= 0.3 is 0 Å². The van der Waals surface area contributed by atoms with Gasteiger partial charge in [0.1, 0.15) is 5.75 Å². The maximum atomic E-state index is 12.9. The summed E-state index contributed by atoms with van der Waals surface area (Å²) in [7, 11) is -3.99. The van der Waals surface area contributed by atoms with Crippen LogP contribution in [0.3, 0.4) is 0 Å². The third kappa shape index (κ3) is 2.63. The molecule has 0 saturated heterocycles. The van der Waals surface area contributed by atoms with Crippen LogP contribution in [0.25, 0.3) is 0 Å². The number of nitrogens with zero attached hydrogens (tertiary/aromatic N) is 1. The van der Waals surface area contributed by atoms with Crippen molar-refractivity contribution < 1.29 is 17.5 Å². The Balaban J connectivity index is 2.35. The Morgan fingerprint density at radius 2 is 2.13 bits per heavy atom. The van der Waals surface area contributed by atoms with E-state index in [0.717, 1.165) is 25.0 Å². The number of pyridine rings is 1. The molecule has 1 saturated carbocycles. The Kier molecular flexibility index (Phi) is 2.35. The molecule has 82 valence electrons. The van der Waals surface area contributed by atoms with Gasteiger partial charge in [-0.1, -0.05) is 0 Å². The van der Waals surface area contributed by atoms with Crippen LogP contribution in [0.1, 0.15) is 12.8 Å². The molecule has 2 N–H and O–H groups in total. The molecule has 1 aromatic heterocycles. The lowest BCUT2D eigenvalue weighted by Crippen LogP contribution is -2.15. The fourth-order valence-electron chi connectivity index (χ4n) is 1.04. The first-order chi connectivity index (χ1) is 6.95. The van der Waals surface area contributed by atoms with Crippen LogP contribution < -0.4 is 9.88 Å². The quantitative estimate of drug-likeness (QED) is 0.765. The van der Waals surface area contributed by atoms with Crippen LogP contribution in [0.2, 0.25) is 0 Å². The second kappa shape index (κ2) is 3.42. The molecule has 0 aromatic carbocycles. The third-order valence-corrected chi connectivity index (χ3v) is 2.65. The molecule has 1 aliphatic rings. The van der Waals surface area contributed by atoms with Crippen molar-refractivity contribution in [2.45, 2.75) is 24.0 Å². The van der Waals surface area contributed by atoms with Crippen molar-refractivity contribution in [3.05, 3.63) is 18.1 Å². The molecule has 2 rings (SSSR count). The largest absolute Gasteiger partial charge is 0.490 e. The Morgan fingerprint density at radius 1 is 1.47 bits per heavy atom. The Labute approximate surface area is 86.1 Å². The summed E-state index contributed by atoms with van der Waals surface area (Å²) in [6, 6.07) is 2.16. The summed E-state index contributed by atoms with van der Waals surface area (Å²) in [4.78, 5) is 3.17. The van der Waals surface area contributed by atoms with Gasteiger partial charge in [-0.2, -0.15) is 4.39 Å². The molecule has 1 aromatic rings. The lowest BCUT2D eigenvalue weighted by atomic mass is 10.4. The van der Waals surface area contributed by atoms with E-state index in [9.17, 15) is 12.8 Å². The van der Waals surface area contributed by atoms with Crippen LogP contribution in [-0.4, -0.2) is 19.5 Å². The number of rotatable bonds is 3. The van der Waals surface area contributed by atoms with Gasteiger partial charge in [-0.25, -0.2) is 18.5 Å².